The van der Waals surface area contributed by atoms with Gasteiger partial charge in [-0.1, -0.05) is 29.8 Å². The molecule has 1 aromatic carbocycles. The van der Waals surface area contributed by atoms with Crippen LogP contribution < -0.4 is 0 Å². The number of hydrogen-bond donors (Lipinski definition) is 0. The number of benzene rings is 1. The van der Waals surface area contributed by atoms with Gasteiger partial charge in [-0.05, 0) is 45.1 Å². The van der Waals surface area contributed by atoms with Crippen molar-refractivity contribution < 1.29 is 0 Å². The second-order valence-corrected chi connectivity index (χ2v) is 6.00. The van der Waals surface area contributed by atoms with Gasteiger partial charge in [0.1, 0.15) is 0 Å². The van der Waals surface area contributed by atoms with E-state index in [0.29, 0.717) is 0 Å². The van der Waals surface area contributed by atoms with E-state index in [9.17, 15) is 0 Å². The molecule has 21 heavy (non-hydrogen) atoms. The summed E-state index contributed by atoms with van der Waals surface area (Å²) < 4.78 is 2.01. The van der Waals surface area contributed by atoms with Crippen molar-refractivity contribution in [1.29, 1.82) is 0 Å². The van der Waals surface area contributed by atoms with Crippen LogP contribution in [0.4, 0.5) is 0 Å². The minimum absolute atomic E-state index is 0.976. The summed E-state index contributed by atoms with van der Waals surface area (Å²) in [7, 11) is 0. The second-order valence-electron chi connectivity index (χ2n) is 6.00. The Morgan fingerprint density at radius 3 is 2.57 bits per heavy atom. The lowest BCUT2D eigenvalue weighted by Gasteiger charge is -2.17. The second kappa shape index (κ2) is 4.69. The summed E-state index contributed by atoms with van der Waals surface area (Å²) in [6.45, 7) is 4.28. The highest BCUT2D eigenvalue weighted by atomic mass is 15.3. The molecule has 0 spiro atoms. The van der Waals surface area contributed by atoms with E-state index < -0.39 is 0 Å². The standard InChI is InChI=1S/C18H19N3/c1-12-7-9-14(10-8-12)17-11-18-19-16-6-4-3-5-15(16)13(2)21(18)20-17/h7-11H,3-6H2,1-2H3. The highest BCUT2D eigenvalue weighted by molar-refractivity contribution is 5.65. The number of nitrogens with zero attached hydrogens (tertiary/aromatic N) is 3. The van der Waals surface area contributed by atoms with Crippen LogP contribution in [0.1, 0.15) is 35.4 Å². The van der Waals surface area contributed by atoms with Gasteiger partial charge < -0.3 is 0 Å². The molecule has 0 bridgehead atoms. The topological polar surface area (TPSA) is 30.2 Å². The van der Waals surface area contributed by atoms with Crippen LogP contribution in [-0.2, 0) is 12.8 Å². The van der Waals surface area contributed by atoms with Crippen molar-refractivity contribution in [3.05, 3.63) is 52.8 Å². The molecule has 0 radical (unpaired) electrons. The van der Waals surface area contributed by atoms with Gasteiger partial charge >= 0.3 is 0 Å². The number of aromatic nitrogens is 3. The molecule has 0 fully saturated rings. The summed E-state index contributed by atoms with van der Waals surface area (Å²) in [5.41, 5.74) is 8.36. The van der Waals surface area contributed by atoms with Gasteiger partial charge in [0.2, 0.25) is 0 Å². The summed E-state index contributed by atoms with van der Waals surface area (Å²) in [4.78, 5) is 4.84. The Morgan fingerprint density at radius 2 is 1.76 bits per heavy atom. The molecule has 106 valence electrons. The fourth-order valence-corrected chi connectivity index (χ4v) is 3.23. The average molecular weight is 277 g/mol. The highest BCUT2D eigenvalue weighted by Gasteiger charge is 2.17. The summed E-state index contributed by atoms with van der Waals surface area (Å²) in [6.07, 6.45) is 4.78. The van der Waals surface area contributed by atoms with Crippen LogP contribution in [0.3, 0.4) is 0 Å². The quantitative estimate of drug-likeness (QED) is 0.675. The molecule has 2 aromatic heterocycles. The minimum atomic E-state index is 0.976. The molecule has 2 heterocycles. The highest BCUT2D eigenvalue weighted by Crippen LogP contribution is 2.26. The molecule has 0 amide bonds. The zero-order valence-electron chi connectivity index (χ0n) is 12.6. The fraction of sp³-hybridized carbons (Fsp3) is 0.333. The lowest BCUT2D eigenvalue weighted by atomic mass is 9.95. The smallest absolute Gasteiger partial charge is 0.156 e. The lowest BCUT2D eigenvalue weighted by Crippen LogP contribution is -2.11. The Labute approximate surface area is 124 Å². The van der Waals surface area contributed by atoms with Crippen LogP contribution in [0, 0.1) is 13.8 Å². The van der Waals surface area contributed by atoms with Crippen molar-refractivity contribution in [3.63, 3.8) is 0 Å². The molecule has 3 heteroatoms. The molecule has 0 aliphatic heterocycles. The Bertz CT molecular complexity index is 813. The Kier molecular flexibility index (Phi) is 2.81. The summed E-state index contributed by atoms with van der Waals surface area (Å²) in [5, 5.41) is 4.77. The van der Waals surface area contributed by atoms with E-state index in [1.54, 1.807) is 0 Å². The van der Waals surface area contributed by atoms with Gasteiger partial charge in [0, 0.05) is 23.0 Å². The van der Waals surface area contributed by atoms with Crippen LogP contribution in [0.15, 0.2) is 30.3 Å². The first-order valence-corrected chi connectivity index (χ1v) is 7.67. The normalized spacial score (nSPS) is 14.4. The summed E-state index contributed by atoms with van der Waals surface area (Å²) in [5.74, 6) is 0. The molecular formula is C18H19N3. The number of fused-ring (bicyclic) bond motifs is 2. The molecule has 0 saturated carbocycles. The van der Waals surface area contributed by atoms with Crippen molar-refractivity contribution in [3.8, 4) is 11.3 Å². The third-order valence-electron chi connectivity index (χ3n) is 4.48. The van der Waals surface area contributed by atoms with Gasteiger partial charge in [-0.2, -0.15) is 5.10 Å². The SMILES string of the molecule is Cc1ccc(-c2cc3nc4c(c(C)n3n2)CCCC4)cc1. The maximum absolute atomic E-state index is 4.84. The molecule has 0 unspecified atom stereocenters. The van der Waals surface area contributed by atoms with E-state index in [4.69, 9.17) is 10.1 Å². The molecule has 1 aliphatic rings. The molecule has 0 atom stereocenters. The van der Waals surface area contributed by atoms with Gasteiger partial charge in [-0.15, -0.1) is 0 Å². The third-order valence-corrected chi connectivity index (χ3v) is 4.48. The summed E-state index contributed by atoms with van der Waals surface area (Å²) >= 11 is 0. The predicted octanol–water partition coefficient (Wildman–Crippen LogP) is 3.89. The van der Waals surface area contributed by atoms with Crippen LogP contribution in [0.2, 0.25) is 0 Å². The zero-order valence-corrected chi connectivity index (χ0v) is 12.6. The molecule has 0 N–H and O–H groups in total. The third kappa shape index (κ3) is 2.04. The fourth-order valence-electron chi connectivity index (χ4n) is 3.23. The molecule has 4 rings (SSSR count). The van der Waals surface area contributed by atoms with Crippen molar-refractivity contribution in [2.24, 2.45) is 0 Å². The van der Waals surface area contributed by atoms with E-state index in [-0.39, 0.29) is 0 Å². The first kappa shape index (κ1) is 12.6. The molecule has 3 aromatic rings. The van der Waals surface area contributed by atoms with Gasteiger partial charge in [-0.25, -0.2) is 9.50 Å². The maximum atomic E-state index is 4.84. The van der Waals surface area contributed by atoms with Crippen molar-refractivity contribution in [2.45, 2.75) is 39.5 Å². The maximum Gasteiger partial charge on any atom is 0.156 e. The zero-order chi connectivity index (χ0) is 14.4. The van der Waals surface area contributed by atoms with E-state index in [1.807, 2.05) is 4.52 Å². The van der Waals surface area contributed by atoms with Gasteiger partial charge in [0.05, 0.1) is 5.69 Å². The first-order chi connectivity index (χ1) is 10.2. The summed E-state index contributed by atoms with van der Waals surface area (Å²) in [6, 6.07) is 10.6. The van der Waals surface area contributed by atoms with Gasteiger partial charge in [0.25, 0.3) is 0 Å². The van der Waals surface area contributed by atoms with E-state index in [1.165, 1.54) is 35.4 Å². The van der Waals surface area contributed by atoms with E-state index >= 15 is 0 Å². The van der Waals surface area contributed by atoms with Crippen LogP contribution in [0.25, 0.3) is 16.9 Å². The molecule has 1 aliphatic carbocycles. The van der Waals surface area contributed by atoms with Crippen molar-refractivity contribution in [2.75, 3.05) is 0 Å². The predicted molar refractivity (Wildman–Crippen MR) is 84.5 cm³/mol. The van der Waals surface area contributed by atoms with Crippen molar-refractivity contribution in [1.82, 2.24) is 14.6 Å². The first-order valence-electron chi connectivity index (χ1n) is 7.67. The lowest BCUT2D eigenvalue weighted by molar-refractivity contribution is 0.652. The molecule has 0 saturated heterocycles. The van der Waals surface area contributed by atoms with E-state index in [2.05, 4.69) is 44.2 Å². The van der Waals surface area contributed by atoms with E-state index in [0.717, 1.165) is 29.7 Å². The number of hydrogen-bond acceptors (Lipinski definition) is 2. The Hall–Kier alpha value is -2.16. The Balaban J connectivity index is 1.90. The minimum Gasteiger partial charge on any atom is -0.233 e. The monoisotopic (exact) mass is 277 g/mol. The van der Waals surface area contributed by atoms with Crippen LogP contribution >= 0.6 is 0 Å². The number of aryl methyl sites for hydroxylation is 3. The Morgan fingerprint density at radius 1 is 1.00 bits per heavy atom. The van der Waals surface area contributed by atoms with Crippen molar-refractivity contribution >= 4 is 5.65 Å². The van der Waals surface area contributed by atoms with Gasteiger partial charge in [0.15, 0.2) is 5.65 Å². The van der Waals surface area contributed by atoms with Crippen LogP contribution in [-0.4, -0.2) is 14.6 Å². The largest absolute Gasteiger partial charge is 0.233 e. The number of rotatable bonds is 1. The molecular weight excluding hydrogens is 258 g/mol. The molecule has 3 nitrogen and oxygen atoms in total. The average Bonchev–Trinajstić information content (AvgIpc) is 2.92. The van der Waals surface area contributed by atoms with Crippen LogP contribution in [0.5, 0.6) is 0 Å². The van der Waals surface area contributed by atoms with Gasteiger partial charge in [-0.3, -0.25) is 0 Å².